The largest absolute Gasteiger partial charge is 1.00 e. The molecule has 0 aliphatic heterocycles. The predicted octanol–water partition coefficient (Wildman–Crippen LogP) is -3.55. The Bertz CT molecular complexity index is 3100. The van der Waals surface area contributed by atoms with Gasteiger partial charge in [-0.15, -0.1) is 5.11 Å². The van der Waals surface area contributed by atoms with Crippen LogP contribution < -0.4 is 109 Å². The fourth-order valence-corrected chi connectivity index (χ4v) is 7.77. The van der Waals surface area contributed by atoms with Crippen LogP contribution >= 0.6 is 0 Å². The number of para-hydroxylation sites is 1. The van der Waals surface area contributed by atoms with Crippen molar-refractivity contribution in [3.8, 4) is 11.5 Å². The van der Waals surface area contributed by atoms with Gasteiger partial charge in [-0.05, 0) is 70.8 Å². The number of allylic oxidation sites excluding steroid dienone is 7. The Hall–Kier alpha value is -4.15. The van der Waals surface area contributed by atoms with E-state index in [0.29, 0.717) is 17.5 Å². The van der Waals surface area contributed by atoms with Gasteiger partial charge in [-0.2, -0.15) is 18.6 Å². The molecule has 0 heterocycles. The Kier molecular flexibility index (Phi) is 18.9. The van der Waals surface area contributed by atoms with Gasteiger partial charge in [0.1, 0.15) is 48.0 Å². The number of hydrogen-bond acceptors (Lipinski definition) is 18. The standard InChI is InChI=1S/C38H30N6O14S3.3Na/c1-57-32-21-31(42-43-37-36(61(54,55)56)17-24-16-26(13-15-29(24)38(37)45)39-25-6-4-3-5-7-25)33(58-2)20-30(32)41-40-27-12-10-22(34(18-27)59(48,49)50)8-9-23-11-14-28(44(46)47)19-35(23)60(51,52)53;;;/h3-21,42,45H,1-2H3,(H,48,49,50)(H,51,52,53)(H,54,55,56);;;/q;3*+1/p-3/b9-8+,39-26?,41-40?,43-37?;;;. The van der Waals surface area contributed by atoms with Crippen molar-refractivity contribution < 1.29 is 147 Å². The minimum absolute atomic E-state index is 0. The zero-order valence-electron chi connectivity index (χ0n) is 34.2. The maximum Gasteiger partial charge on any atom is 1.00 e. The van der Waals surface area contributed by atoms with Crippen molar-refractivity contribution in [3.05, 3.63) is 146 Å². The van der Waals surface area contributed by atoms with Gasteiger partial charge < -0.3 is 23.7 Å². The Morgan fingerprint density at radius 3 is 1.97 bits per heavy atom. The number of methoxy groups -OCH3 is 2. The number of nitrogens with one attached hydrogen (secondary N) is 1. The van der Waals surface area contributed by atoms with Crippen LogP contribution in [0.1, 0.15) is 11.1 Å². The van der Waals surface area contributed by atoms with Gasteiger partial charge in [0.2, 0.25) is 0 Å². The van der Waals surface area contributed by atoms with Gasteiger partial charge in [0.15, 0.2) is 0 Å². The first kappa shape index (κ1) is 54.2. The molecule has 0 radical (unpaired) electrons. The van der Waals surface area contributed by atoms with Gasteiger partial charge in [-0.1, -0.05) is 48.3 Å². The van der Waals surface area contributed by atoms with Crippen LogP contribution in [-0.2, 0) is 30.4 Å². The zero-order valence-corrected chi connectivity index (χ0v) is 42.6. The van der Waals surface area contributed by atoms with Gasteiger partial charge in [0.25, 0.3) is 15.8 Å². The number of fused-ring (bicyclic) bond motifs is 1. The number of aliphatic imine (C=N–C) groups is 1. The summed E-state index contributed by atoms with van der Waals surface area (Å²) < 4.78 is 118. The van der Waals surface area contributed by atoms with Crippen molar-refractivity contribution in [1.29, 1.82) is 0 Å². The molecule has 20 nitrogen and oxygen atoms in total. The molecule has 2 N–H and O–H groups in total. The van der Waals surface area contributed by atoms with Crippen LogP contribution in [-0.4, -0.2) is 69.5 Å². The maximum absolute atomic E-state index is 13.6. The molecular formula is C38H27N6Na3O14S3. The molecule has 4 aromatic rings. The first-order chi connectivity index (χ1) is 28.8. The monoisotopic (exact) mass is 956 g/mol. The summed E-state index contributed by atoms with van der Waals surface area (Å²) in [6.45, 7) is 0. The second-order valence-electron chi connectivity index (χ2n) is 12.5. The van der Waals surface area contributed by atoms with Crippen LogP contribution in [0, 0.1) is 10.1 Å². The van der Waals surface area contributed by atoms with Crippen molar-refractivity contribution in [2.45, 2.75) is 9.79 Å². The number of rotatable bonds is 13. The summed E-state index contributed by atoms with van der Waals surface area (Å²) in [5.74, 6) is -0.898. The van der Waals surface area contributed by atoms with E-state index in [0.717, 1.165) is 42.5 Å². The smallest absolute Gasteiger partial charge is 0.871 e. The van der Waals surface area contributed by atoms with Crippen molar-refractivity contribution in [3.63, 3.8) is 0 Å². The van der Waals surface area contributed by atoms with Crippen molar-refractivity contribution in [2.24, 2.45) is 20.3 Å². The number of anilines is 1. The molecule has 0 saturated carbocycles. The molecule has 4 aromatic carbocycles. The molecular weight excluding hydrogens is 930 g/mol. The summed E-state index contributed by atoms with van der Waals surface area (Å²) in [4.78, 5) is 12.1. The van der Waals surface area contributed by atoms with Crippen LogP contribution in [0.3, 0.4) is 0 Å². The number of benzene rings is 4. The maximum atomic E-state index is 13.6. The number of nitrogens with zero attached hydrogens (tertiary/aromatic N) is 5. The number of hydrogen-bond donors (Lipinski definition) is 2. The molecule has 0 amide bonds. The molecule has 26 heteroatoms. The summed E-state index contributed by atoms with van der Waals surface area (Å²) in [5.41, 5.74) is 1.67. The van der Waals surface area contributed by atoms with E-state index in [-0.39, 0.29) is 140 Å². The Labute approximate surface area is 432 Å². The van der Waals surface area contributed by atoms with E-state index in [9.17, 15) is 54.1 Å². The Morgan fingerprint density at radius 1 is 0.734 bits per heavy atom. The van der Waals surface area contributed by atoms with E-state index in [1.54, 1.807) is 36.4 Å². The number of azo groups is 1. The summed E-state index contributed by atoms with van der Waals surface area (Å²) in [6.07, 6.45) is 7.50. The second-order valence-corrected chi connectivity index (χ2v) is 16.6. The fraction of sp³-hybridized carbons (Fsp3) is 0.0526. The zero-order chi connectivity index (χ0) is 44.3. The normalized spacial score (nSPS) is 15.1. The van der Waals surface area contributed by atoms with Gasteiger partial charge in [0.05, 0.1) is 51.7 Å². The molecule has 0 aromatic heterocycles. The second kappa shape index (κ2) is 22.4. The van der Waals surface area contributed by atoms with Crippen LogP contribution in [0.2, 0.25) is 0 Å². The summed E-state index contributed by atoms with van der Waals surface area (Å²) in [7, 11) is -12.9. The molecule has 0 bridgehead atoms. The van der Waals surface area contributed by atoms with E-state index in [1.807, 2.05) is 0 Å². The summed E-state index contributed by atoms with van der Waals surface area (Å²) in [5, 5.41) is 36.7. The number of nitro groups is 1. The first-order valence-electron chi connectivity index (χ1n) is 17.0. The minimum Gasteiger partial charge on any atom is -0.871 e. The number of nitro benzene ring substituents is 1. The van der Waals surface area contributed by atoms with E-state index in [2.05, 4.69) is 25.7 Å². The third kappa shape index (κ3) is 13.0. The minimum atomic E-state index is -5.25. The average molecular weight is 957 g/mol. The number of non-ortho nitro benzene ring substituents is 1. The number of hydrazone groups is 1. The average Bonchev–Trinajstić information content (AvgIpc) is 3.21. The van der Waals surface area contributed by atoms with Gasteiger partial charge in [-0.25, -0.2) is 21.8 Å². The van der Waals surface area contributed by atoms with E-state index in [4.69, 9.17) is 9.47 Å². The molecule has 2 aliphatic rings. The van der Waals surface area contributed by atoms with Crippen LogP contribution in [0.15, 0.2) is 155 Å². The fourth-order valence-electron chi connectivity index (χ4n) is 5.73. The molecule has 2 aliphatic carbocycles. The van der Waals surface area contributed by atoms with E-state index < -0.39 is 67.1 Å². The van der Waals surface area contributed by atoms with Crippen molar-refractivity contribution >= 4 is 82.4 Å². The van der Waals surface area contributed by atoms with Gasteiger partial charge in [-0.3, -0.25) is 20.1 Å². The third-order valence-electron chi connectivity index (χ3n) is 8.56. The molecule has 64 heavy (non-hydrogen) atoms. The summed E-state index contributed by atoms with van der Waals surface area (Å²) >= 11 is 0. The molecule has 0 atom stereocenters. The Balaban J connectivity index is 0.00000363. The predicted molar refractivity (Wildman–Crippen MR) is 217 cm³/mol. The number of ether oxygens (including phenoxy) is 2. The Morgan fingerprint density at radius 2 is 1.38 bits per heavy atom. The molecule has 0 fully saturated rings. The van der Waals surface area contributed by atoms with E-state index >= 15 is 0 Å². The van der Waals surface area contributed by atoms with Crippen LogP contribution in [0.5, 0.6) is 11.5 Å². The summed E-state index contributed by atoms with van der Waals surface area (Å²) in [6, 6.07) is 17.2. The molecule has 0 saturated heterocycles. The topological polar surface area (TPSA) is 315 Å². The SMILES string of the molecule is COc1cc(NN=C2C(S(=O)(=O)[O-])=CC3=CC(=Nc4ccccc4)C=CC3=C2[O-])c(OC)cc1N=Nc1ccc(/C=C/c2ccc([N+](=O)[O-])cc2S(=O)(=O)O)c(S(=O)(=O)[O-])c1.[Na+].[Na+].[Na+]. The van der Waals surface area contributed by atoms with Gasteiger partial charge >= 0.3 is 88.7 Å². The van der Waals surface area contributed by atoms with Crippen LogP contribution in [0.25, 0.3) is 12.2 Å². The quantitative estimate of drug-likeness (QED) is 0.0327. The van der Waals surface area contributed by atoms with E-state index in [1.165, 1.54) is 44.6 Å². The van der Waals surface area contributed by atoms with Crippen LogP contribution in [0.4, 0.5) is 28.4 Å². The van der Waals surface area contributed by atoms with Gasteiger partial charge in [0, 0.05) is 24.3 Å². The molecule has 0 unspecified atom stereocenters. The molecule has 314 valence electrons. The van der Waals surface area contributed by atoms with Crippen molar-refractivity contribution in [2.75, 3.05) is 19.6 Å². The first-order valence-corrected chi connectivity index (χ1v) is 21.2. The molecule has 6 rings (SSSR count). The van der Waals surface area contributed by atoms with Crippen molar-refractivity contribution in [1.82, 2.24) is 0 Å². The third-order valence-corrected chi connectivity index (χ3v) is 11.2. The molecule has 0 spiro atoms.